The number of carbonyl (C=O) groups excluding carboxylic acids is 1. The third-order valence-corrected chi connectivity index (χ3v) is 3.08. The van der Waals surface area contributed by atoms with Crippen molar-refractivity contribution in [1.82, 2.24) is 10.3 Å². The molecule has 1 aromatic rings. The van der Waals surface area contributed by atoms with Crippen LogP contribution >= 0.6 is 35.0 Å². The number of carbonyl (C=O) groups is 1. The van der Waals surface area contributed by atoms with E-state index < -0.39 is 0 Å². The Labute approximate surface area is 109 Å². The number of thioether (sulfide) groups is 1. The van der Waals surface area contributed by atoms with Gasteiger partial charge in [-0.05, 0) is 24.5 Å². The number of nitrogens with one attached hydrogen (secondary N) is 1. The summed E-state index contributed by atoms with van der Waals surface area (Å²) in [7, 11) is 0. The zero-order valence-electron chi connectivity index (χ0n) is 8.80. The molecule has 1 amide bonds. The van der Waals surface area contributed by atoms with Gasteiger partial charge in [0.25, 0.3) is 5.91 Å². The van der Waals surface area contributed by atoms with Crippen molar-refractivity contribution < 1.29 is 4.79 Å². The molecule has 0 unspecified atom stereocenters. The molecule has 1 heterocycles. The van der Waals surface area contributed by atoms with Crippen molar-refractivity contribution in [2.24, 2.45) is 0 Å². The molecule has 0 saturated heterocycles. The molecule has 0 saturated carbocycles. The molecule has 0 spiro atoms. The van der Waals surface area contributed by atoms with Gasteiger partial charge in [0.1, 0.15) is 5.15 Å². The molecule has 1 aromatic heterocycles. The van der Waals surface area contributed by atoms with Crippen molar-refractivity contribution in [2.45, 2.75) is 6.42 Å². The fourth-order valence-electron chi connectivity index (χ4n) is 1.10. The van der Waals surface area contributed by atoms with Crippen LogP contribution < -0.4 is 5.32 Å². The van der Waals surface area contributed by atoms with Gasteiger partial charge >= 0.3 is 0 Å². The number of pyridine rings is 1. The van der Waals surface area contributed by atoms with Crippen LogP contribution in [-0.2, 0) is 0 Å². The second-order valence-electron chi connectivity index (χ2n) is 3.09. The zero-order chi connectivity index (χ0) is 12.0. The zero-order valence-corrected chi connectivity index (χ0v) is 11.1. The molecule has 6 heteroatoms. The SMILES string of the molecule is CSCCCNC(=O)c1cc(Cl)ncc1Cl. The van der Waals surface area contributed by atoms with E-state index in [2.05, 4.69) is 10.3 Å². The van der Waals surface area contributed by atoms with E-state index in [1.807, 2.05) is 6.26 Å². The third-order valence-electron chi connectivity index (χ3n) is 1.88. The minimum absolute atomic E-state index is 0.213. The Hall–Kier alpha value is -0.450. The first-order chi connectivity index (χ1) is 7.65. The van der Waals surface area contributed by atoms with Crippen molar-refractivity contribution in [1.29, 1.82) is 0 Å². The first-order valence-corrected chi connectivity index (χ1v) is 6.88. The van der Waals surface area contributed by atoms with Crippen LogP contribution in [0.25, 0.3) is 0 Å². The molecule has 0 aromatic carbocycles. The monoisotopic (exact) mass is 278 g/mol. The molecule has 1 rings (SSSR count). The highest BCUT2D eigenvalue weighted by Gasteiger charge is 2.10. The normalized spacial score (nSPS) is 10.2. The minimum atomic E-state index is -0.213. The molecule has 16 heavy (non-hydrogen) atoms. The summed E-state index contributed by atoms with van der Waals surface area (Å²) in [6.07, 6.45) is 4.34. The molecular weight excluding hydrogens is 267 g/mol. The smallest absolute Gasteiger partial charge is 0.252 e. The predicted molar refractivity (Wildman–Crippen MR) is 69.6 cm³/mol. The molecule has 1 N–H and O–H groups in total. The topological polar surface area (TPSA) is 42.0 Å². The lowest BCUT2D eigenvalue weighted by molar-refractivity contribution is 0.0954. The van der Waals surface area contributed by atoms with E-state index in [-0.39, 0.29) is 11.1 Å². The summed E-state index contributed by atoms with van der Waals surface area (Å²) in [4.78, 5) is 15.5. The molecule has 3 nitrogen and oxygen atoms in total. The van der Waals surface area contributed by atoms with E-state index >= 15 is 0 Å². The molecule has 0 atom stereocenters. The van der Waals surface area contributed by atoms with Crippen molar-refractivity contribution in [3.05, 3.63) is 28.0 Å². The first-order valence-electron chi connectivity index (χ1n) is 4.73. The quantitative estimate of drug-likeness (QED) is 0.665. The van der Waals surface area contributed by atoms with Gasteiger partial charge in [0.05, 0.1) is 10.6 Å². The fourth-order valence-corrected chi connectivity index (χ4v) is 1.88. The van der Waals surface area contributed by atoms with Crippen LogP contribution in [0.4, 0.5) is 0 Å². The summed E-state index contributed by atoms with van der Waals surface area (Å²) >= 11 is 13.3. The van der Waals surface area contributed by atoms with Crippen LogP contribution in [0.15, 0.2) is 12.3 Å². The molecule has 0 bridgehead atoms. The number of aromatic nitrogens is 1. The van der Waals surface area contributed by atoms with E-state index in [1.54, 1.807) is 11.8 Å². The highest BCUT2D eigenvalue weighted by atomic mass is 35.5. The second kappa shape index (κ2) is 6.99. The molecule has 0 radical (unpaired) electrons. The lowest BCUT2D eigenvalue weighted by Crippen LogP contribution is -2.25. The summed E-state index contributed by atoms with van der Waals surface area (Å²) in [5.74, 6) is 0.806. The number of hydrogen-bond donors (Lipinski definition) is 1. The largest absolute Gasteiger partial charge is 0.352 e. The number of nitrogens with zero attached hydrogens (tertiary/aromatic N) is 1. The Morgan fingerprint density at radius 1 is 1.56 bits per heavy atom. The summed E-state index contributed by atoms with van der Waals surface area (Å²) < 4.78 is 0. The molecular formula is C10H12Cl2N2OS. The van der Waals surface area contributed by atoms with Crippen molar-refractivity contribution in [3.63, 3.8) is 0 Å². The molecule has 0 aliphatic rings. The number of halogens is 2. The summed E-state index contributed by atoms with van der Waals surface area (Å²) in [6.45, 7) is 0.635. The molecule has 0 fully saturated rings. The Morgan fingerprint density at radius 2 is 2.31 bits per heavy atom. The highest BCUT2D eigenvalue weighted by Crippen LogP contribution is 2.17. The van der Waals surface area contributed by atoms with Crippen molar-refractivity contribution in [2.75, 3.05) is 18.6 Å². The van der Waals surface area contributed by atoms with E-state index in [0.717, 1.165) is 12.2 Å². The lowest BCUT2D eigenvalue weighted by atomic mass is 10.2. The van der Waals surface area contributed by atoms with Gasteiger partial charge in [-0.25, -0.2) is 4.98 Å². The third kappa shape index (κ3) is 4.20. The number of rotatable bonds is 5. The fraction of sp³-hybridized carbons (Fsp3) is 0.400. The average Bonchev–Trinajstić information content (AvgIpc) is 2.27. The lowest BCUT2D eigenvalue weighted by Gasteiger charge is -2.06. The van der Waals surface area contributed by atoms with Crippen LogP contribution in [-0.4, -0.2) is 29.4 Å². The Balaban J connectivity index is 2.55. The van der Waals surface area contributed by atoms with Gasteiger partial charge in [-0.3, -0.25) is 4.79 Å². The Bertz CT molecular complexity index is 374. The number of hydrogen-bond acceptors (Lipinski definition) is 3. The standard InChI is InChI=1S/C10H12Cl2N2OS/c1-16-4-2-3-13-10(15)7-5-9(12)14-6-8(7)11/h5-6H,2-4H2,1H3,(H,13,15). The highest BCUT2D eigenvalue weighted by molar-refractivity contribution is 7.98. The summed E-state index contributed by atoms with van der Waals surface area (Å²) in [5.41, 5.74) is 0.366. The van der Waals surface area contributed by atoms with Gasteiger partial charge in [-0.1, -0.05) is 23.2 Å². The average molecular weight is 279 g/mol. The minimum Gasteiger partial charge on any atom is -0.352 e. The van der Waals surface area contributed by atoms with Gasteiger partial charge in [-0.2, -0.15) is 11.8 Å². The Kier molecular flexibility index (Phi) is 5.95. The second-order valence-corrected chi connectivity index (χ2v) is 4.87. The van der Waals surface area contributed by atoms with Crippen molar-refractivity contribution in [3.8, 4) is 0 Å². The summed E-state index contributed by atoms with van der Waals surface area (Å²) in [6, 6.07) is 1.47. The van der Waals surface area contributed by atoms with Crippen LogP contribution in [0, 0.1) is 0 Å². The number of amides is 1. The Morgan fingerprint density at radius 3 is 3.00 bits per heavy atom. The maximum Gasteiger partial charge on any atom is 0.252 e. The first kappa shape index (κ1) is 13.6. The molecule has 88 valence electrons. The van der Waals surface area contributed by atoms with E-state index in [1.165, 1.54) is 12.3 Å². The predicted octanol–water partition coefficient (Wildman–Crippen LogP) is 2.87. The van der Waals surface area contributed by atoms with E-state index in [0.29, 0.717) is 17.1 Å². The van der Waals surface area contributed by atoms with Crippen LogP contribution in [0.1, 0.15) is 16.8 Å². The maximum absolute atomic E-state index is 11.7. The molecule has 0 aliphatic heterocycles. The van der Waals surface area contributed by atoms with E-state index in [9.17, 15) is 4.79 Å². The van der Waals surface area contributed by atoms with Crippen LogP contribution in [0.3, 0.4) is 0 Å². The van der Waals surface area contributed by atoms with Gasteiger partial charge < -0.3 is 5.32 Å². The van der Waals surface area contributed by atoms with Crippen LogP contribution in [0.5, 0.6) is 0 Å². The van der Waals surface area contributed by atoms with Gasteiger partial charge in [0.2, 0.25) is 0 Å². The maximum atomic E-state index is 11.7. The van der Waals surface area contributed by atoms with Crippen molar-refractivity contribution >= 4 is 40.9 Å². The summed E-state index contributed by atoms with van der Waals surface area (Å²) in [5, 5.41) is 3.35. The van der Waals surface area contributed by atoms with E-state index in [4.69, 9.17) is 23.2 Å². The van der Waals surface area contributed by atoms with Crippen LogP contribution in [0.2, 0.25) is 10.2 Å². The van der Waals surface area contributed by atoms with Gasteiger partial charge in [0.15, 0.2) is 0 Å². The molecule has 0 aliphatic carbocycles. The van der Waals surface area contributed by atoms with Gasteiger partial charge in [-0.15, -0.1) is 0 Å². The van der Waals surface area contributed by atoms with Gasteiger partial charge in [0, 0.05) is 12.7 Å².